The van der Waals surface area contributed by atoms with Gasteiger partial charge in [0.05, 0.1) is 24.1 Å². The van der Waals surface area contributed by atoms with E-state index in [1.807, 2.05) is 0 Å². The number of rotatable bonds is 4. The molecule has 4 heteroatoms. The standard InChI is InChI=1S/C13H11BrO3/c1-16-13-3-2-10(7-11(13)14)12(15)6-9-4-5-17-8-9/h2-5,7-8H,6H2,1H3. The highest BCUT2D eigenvalue weighted by Gasteiger charge is 2.10. The lowest BCUT2D eigenvalue weighted by molar-refractivity contribution is 0.0992. The number of carbonyl (C=O) groups excluding carboxylic acids is 1. The highest BCUT2D eigenvalue weighted by Crippen LogP contribution is 2.26. The fourth-order valence-electron chi connectivity index (χ4n) is 1.52. The summed E-state index contributed by atoms with van der Waals surface area (Å²) >= 11 is 3.36. The van der Waals surface area contributed by atoms with Crippen molar-refractivity contribution in [1.82, 2.24) is 0 Å². The molecule has 0 saturated heterocycles. The van der Waals surface area contributed by atoms with Gasteiger partial charge in [-0.05, 0) is 45.8 Å². The molecule has 0 aliphatic heterocycles. The van der Waals surface area contributed by atoms with Crippen LogP contribution in [0.25, 0.3) is 0 Å². The summed E-state index contributed by atoms with van der Waals surface area (Å²) in [6, 6.07) is 7.08. The fraction of sp³-hybridized carbons (Fsp3) is 0.154. The van der Waals surface area contributed by atoms with Crippen LogP contribution >= 0.6 is 15.9 Å². The Hall–Kier alpha value is -1.55. The molecule has 1 heterocycles. The maximum atomic E-state index is 12.0. The molecule has 0 aliphatic carbocycles. The molecular weight excluding hydrogens is 284 g/mol. The SMILES string of the molecule is COc1ccc(C(=O)Cc2ccoc2)cc1Br. The van der Waals surface area contributed by atoms with Crippen molar-refractivity contribution in [3.63, 3.8) is 0 Å². The van der Waals surface area contributed by atoms with Crippen LogP contribution < -0.4 is 4.74 Å². The Labute approximate surface area is 108 Å². The van der Waals surface area contributed by atoms with Crippen molar-refractivity contribution in [2.24, 2.45) is 0 Å². The van der Waals surface area contributed by atoms with Crippen LogP contribution in [0.3, 0.4) is 0 Å². The van der Waals surface area contributed by atoms with Gasteiger partial charge < -0.3 is 9.15 Å². The van der Waals surface area contributed by atoms with E-state index in [1.54, 1.807) is 43.9 Å². The van der Waals surface area contributed by atoms with E-state index < -0.39 is 0 Å². The minimum absolute atomic E-state index is 0.0507. The molecule has 0 bridgehead atoms. The van der Waals surface area contributed by atoms with Crippen molar-refractivity contribution >= 4 is 21.7 Å². The first-order valence-corrected chi connectivity index (χ1v) is 5.88. The molecule has 3 nitrogen and oxygen atoms in total. The molecule has 0 saturated carbocycles. The van der Waals surface area contributed by atoms with E-state index in [4.69, 9.17) is 9.15 Å². The molecule has 0 aliphatic rings. The molecule has 0 amide bonds. The van der Waals surface area contributed by atoms with Gasteiger partial charge in [0.25, 0.3) is 0 Å². The Morgan fingerprint density at radius 1 is 1.41 bits per heavy atom. The smallest absolute Gasteiger partial charge is 0.167 e. The Morgan fingerprint density at radius 3 is 2.82 bits per heavy atom. The third kappa shape index (κ3) is 2.77. The first-order valence-electron chi connectivity index (χ1n) is 5.08. The predicted molar refractivity (Wildman–Crippen MR) is 67.4 cm³/mol. The Kier molecular flexibility index (Phi) is 3.64. The highest BCUT2D eigenvalue weighted by atomic mass is 79.9. The normalized spacial score (nSPS) is 10.2. The topological polar surface area (TPSA) is 39.4 Å². The molecule has 0 N–H and O–H groups in total. The van der Waals surface area contributed by atoms with Crippen LogP contribution in [-0.2, 0) is 6.42 Å². The van der Waals surface area contributed by atoms with E-state index in [2.05, 4.69) is 15.9 Å². The van der Waals surface area contributed by atoms with Gasteiger partial charge in [0.15, 0.2) is 5.78 Å². The van der Waals surface area contributed by atoms with Gasteiger partial charge in [0.1, 0.15) is 5.75 Å². The monoisotopic (exact) mass is 294 g/mol. The van der Waals surface area contributed by atoms with Crippen molar-refractivity contribution in [2.45, 2.75) is 6.42 Å². The number of carbonyl (C=O) groups is 1. The first-order chi connectivity index (χ1) is 8.20. The summed E-state index contributed by atoms with van der Waals surface area (Å²) in [4.78, 5) is 12.0. The van der Waals surface area contributed by atoms with Crippen molar-refractivity contribution in [1.29, 1.82) is 0 Å². The molecule has 0 fully saturated rings. The number of Topliss-reactive ketones (excluding diaryl/α,β-unsaturated/α-hetero) is 1. The van der Waals surface area contributed by atoms with Crippen LogP contribution in [0.2, 0.25) is 0 Å². The number of ketones is 1. The van der Waals surface area contributed by atoms with E-state index >= 15 is 0 Å². The number of hydrogen-bond donors (Lipinski definition) is 0. The van der Waals surface area contributed by atoms with Gasteiger partial charge in [-0.25, -0.2) is 0 Å². The maximum absolute atomic E-state index is 12.0. The number of methoxy groups -OCH3 is 1. The van der Waals surface area contributed by atoms with Gasteiger partial charge in [0.2, 0.25) is 0 Å². The largest absolute Gasteiger partial charge is 0.496 e. The molecule has 2 aromatic rings. The van der Waals surface area contributed by atoms with Gasteiger partial charge in [-0.3, -0.25) is 4.79 Å². The second kappa shape index (κ2) is 5.19. The zero-order valence-corrected chi connectivity index (χ0v) is 10.9. The van der Waals surface area contributed by atoms with Gasteiger partial charge >= 0.3 is 0 Å². The molecule has 0 unspecified atom stereocenters. The summed E-state index contributed by atoms with van der Waals surface area (Å²) in [6.45, 7) is 0. The molecule has 1 aromatic heterocycles. The van der Waals surface area contributed by atoms with Crippen molar-refractivity contribution < 1.29 is 13.9 Å². The summed E-state index contributed by atoms with van der Waals surface area (Å²) < 4.78 is 10.8. The predicted octanol–water partition coefficient (Wildman–Crippen LogP) is 3.48. The van der Waals surface area contributed by atoms with Gasteiger partial charge in [-0.2, -0.15) is 0 Å². The lowest BCUT2D eigenvalue weighted by atomic mass is 10.1. The van der Waals surface area contributed by atoms with Crippen LogP contribution in [0.4, 0.5) is 0 Å². The lowest BCUT2D eigenvalue weighted by Crippen LogP contribution is -2.02. The average Bonchev–Trinajstić information content (AvgIpc) is 2.81. The van der Waals surface area contributed by atoms with Crippen molar-refractivity contribution in [2.75, 3.05) is 7.11 Å². The number of benzene rings is 1. The minimum atomic E-state index is 0.0507. The van der Waals surface area contributed by atoms with Crippen LogP contribution in [0, 0.1) is 0 Å². The lowest BCUT2D eigenvalue weighted by Gasteiger charge is -2.05. The number of ether oxygens (including phenoxy) is 1. The quantitative estimate of drug-likeness (QED) is 0.811. The molecule has 88 valence electrons. The van der Waals surface area contributed by atoms with Gasteiger partial charge in [-0.15, -0.1) is 0 Å². The summed E-state index contributed by atoms with van der Waals surface area (Å²) in [6.07, 6.45) is 3.48. The Balaban J connectivity index is 2.17. The molecule has 0 atom stereocenters. The van der Waals surface area contributed by atoms with Crippen LogP contribution in [0.15, 0.2) is 45.7 Å². The zero-order valence-electron chi connectivity index (χ0n) is 9.27. The fourth-order valence-corrected chi connectivity index (χ4v) is 2.06. The summed E-state index contributed by atoms with van der Waals surface area (Å²) in [5.41, 5.74) is 1.53. The third-order valence-corrected chi connectivity index (χ3v) is 3.04. The maximum Gasteiger partial charge on any atom is 0.167 e. The molecule has 1 aromatic carbocycles. The molecule has 0 spiro atoms. The first kappa shape index (κ1) is 11.9. The van der Waals surface area contributed by atoms with E-state index in [0.717, 1.165) is 10.0 Å². The summed E-state index contributed by atoms with van der Waals surface area (Å²) in [7, 11) is 1.59. The highest BCUT2D eigenvalue weighted by molar-refractivity contribution is 9.10. The summed E-state index contributed by atoms with van der Waals surface area (Å²) in [5, 5.41) is 0. The number of hydrogen-bond acceptors (Lipinski definition) is 3. The third-order valence-electron chi connectivity index (χ3n) is 2.42. The average molecular weight is 295 g/mol. The van der Waals surface area contributed by atoms with E-state index in [1.165, 1.54) is 0 Å². The van der Waals surface area contributed by atoms with Crippen LogP contribution in [0.5, 0.6) is 5.75 Å². The van der Waals surface area contributed by atoms with Gasteiger partial charge in [0, 0.05) is 12.0 Å². The Bertz CT molecular complexity index is 517. The van der Waals surface area contributed by atoms with E-state index in [9.17, 15) is 4.79 Å². The van der Waals surface area contributed by atoms with Crippen molar-refractivity contribution in [3.8, 4) is 5.75 Å². The minimum Gasteiger partial charge on any atom is -0.496 e. The van der Waals surface area contributed by atoms with Crippen molar-refractivity contribution in [3.05, 3.63) is 52.4 Å². The van der Waals surface area contributed by atoms with E-state index in [-0.39, 0.29) is 5.78 Å². The second-order valence-electron chi connectivity index (χ2n) is 3.58. The van der Waals surface area contributed by atoms with Crippen LogP contribution in [-0.4, -0.2) is 12.9 Å². The molecule has 2 rings (SSSR count). The second-order valence-corrected chi connectivity index (χ2v) is 4.44. The molecule has 17 heavy (non-hydrogen) atoms. The van der Waals surface area contributed by atoms with E-state index in [0.29, 0.717) is 17.7 Å². The summed E-state index contributed by atoms with van der Waals surface area (Å²) in [5.74, 6) is 0.764. The van der Waals surface area contributed by atoms with Crippen LogP contribution in [0.1, 0.15) is 15.9 Å². The molecule has 0 radical (unpaired) electrons. The zero-order chi connectivity index (χ0) is 12.3. The van der Waals surface area contributed by atoms with Gasteiger partial charge in [-0.1, -0.05) is 0 Å². The Morgan fingerprint density at radius 2 is 2.24 bits per heavy atom. The number of furan rings is 1. The molecular formula is C13H11BrO3. The number of halogens is 1.